The van der Waals surface area contributed by atoms with Gasteiger partial charge in [-0.05, 0) is 61.7 Å². The van der Waals surface area contributed by atoms with Crippen LogP contribution in [-0.2, 0) is 10.0 Å². The van der Waals surface area contributed by atoms with E-state index < -0.39 is 10.0 Å². The molecule has 0 atom stereocenters. The summed E-state index contributed by atoms with van der Waals surface area (Å²) in [6.45, 7) is 1.84. The van der Waals surface area contributed by atoms with E-state index in [9.17, 15) is 13.2 Å². The minimum atomic E-state index is -3.59. The van der Waals surface area contributed by atoms with E-state index in [-0.39, 0.29) is 22.4 Å². The van der Waals surface area contributed by atoms with E-state index in [1.807, 2.05) is 6.92 Å². The quantitative estimate of drug-likeness (QED) is 0.854. The first-order valence-corrected chi connectivity index (χ1v) is 9.41. The topological polar surface area (TPSA) is 75.3 Å². The third-order valence-corrected chi connectivity index (χ3v) is 5.50. The highest BCUT2D eigenvalue weighted by atomic mass is 35.5. The Labute approximate surface area is 146 Å². The third-order valence-electron chi connectivity index (χ3n) is 3.74. The number of nitrogens with one attached hydrogen (secondary N) is 2. The summed E-state index contributed by atoms with van der Waals surface area (Å²) in [4.78, 5) is 12.5. The summed E-state index contributed by atoms with van der Waals surface area (Å²) >= 11 is 5.90. The van der Waals surface area contributed by atoms with Crippen LogP contribution in [0.15, 0.2) is 47.4 Å². The second-order valence-corrected chi connectivity index (χ2v) is 7.99. The number of benzene rings is 2. The molecule has 5 nitrogen and oxygen atoms in total. The van der Waals surface area contributed by atoms with Crippen molar-refractivity contribution in [3.63, 3.8) is 0 Å². The number of carbonyl (C=O) groups excluding carboxylic acids is 1. The van der Waals surface area contributed by atoms with E-state index in [2.05, 4.69) is 10.0 Å². The van der Waals surface area contributed by atoms with Crippen molar-refractivity contribution in [1.29, 1.82) is 0 Å². The first-order chi connectivity index (χ1) is 11.3. The Hall–Kier alpha value is -1.89. The molecule has 0 heterocycles. The molecule has 1 saturated carbocycles. The van der Waals surface area contributed by atoms with Crippen molar-refractivity contribution < 1.29 is 13.2 Å². The van der Waals surface area contributed by atoms with Crippen molar-refractivity contribution in [2.24, 2.45) is 0 Å². The third kappa shape index (κ3) is 3.95. The Bertz CT molecular complexity index is 892. The van der Waals surface area contributed by atoms with Crippen LogP contribution < -0.4 is 10.0 Å². The molecule has 1 aliphatic carbocycles. The number of hydrogen-bond donors (Lipinski definition) is 2. The number of halogens is 1. The molecule has 2 aromatic carbocycles. The number of carbonyl (C=O) groups is 1. The molecule has 1 amide bonds. The maximum atomic E-state index is 12.4. The Morgan fingerprint density at radius 3 is 2.58 bits per heavy atom. The highest BCUT2D eigenvalue weighted by Gasteiger charge is 2.28. The average Bonchev–Trinajstić information content (AvgIpc) is 3.33. The second kappa shape index (κ2) is 6.55. The van der Waals surface area contributed by atoms with E-state index in [4.69, 9.17) is 11.6 Å². The van der Waals surface area contributed by atoms with Crippen LogP contribution in [0.5, 0.6) is 0 Å². The largest absolute Gasteiger partial charge is 0.322 e. The van der Waals surface area contributed by atoms with Crippen LogP contribution in [0.1, 0.15) is 28.8 Å². The molecule has 0 aliphatic heterocycles. The zero-order chi connectivity index (χ0) is 17.3. The molecule has 3 rings (SSSR count). The monoisotopic (exact) mass is 364 g/mol. The molecule has 1 fully saturated rings. The first kappa shape index (κ1) is 17.0. The molecule has 126 valence electrons. The van der Waals surface area contributed by atoms with Crippen LogP contribution >= 0.6 is 11.6 Å². The highest BCUT2D eigenvalue weighted by Crippen LogP contribution is 2.23. The summed E-state index contributed by atoms with van der Waals surface area (Å²) in [5.41, 5.74) is 1.74. The van der Waals surface area contributed by atoms with E-state index in [1.54, 1.807) is 30.3 Å². The maximum Gasteiger partial charge on any atom is 0.255 e. The summed E-state index contributed by atoms with van der Waals surface area (Å²) < 4.78 is 27.1. The minimum absolute atomic E-state index is 0.0178. The molecule has 2 aromatic rings. The van der Waals surface area contributed by atoms with Gasteiger partial charge in [0.25, 0.3) is 5.91 Å². The SMILES string of the molecule is Cc1cc(Cl)ccc1NC(=O)c1cccc(S(=O)(=O)NC2CC2)c1. The van der Waals surface area contributed by atoms with Gasteiger partial charge in [-0.15, -0.1) is 0 Å². The fourth-order valence-corrected chi connectivity index (χ4v) is 3.83. The van der Waals surface area contributed by atoms with Crippen LogP contribution in [0, 0.1) is 6.92 Å². The van der Waals surface area contributed by atoms with Gasteiger partial charge >= 0.3 is 0 Å². The van der Waals surface area contributed by atoms with Crippen LogP contribution in [0.2, 0.25) is 5.02 Å². The highest BCUT2D eigenvalue weighted by molar-refractivity contribution is 7.89. The maximum absolute atomic E-state index is 12.4. The fraction of sp³-hybridized carbons (Fsp3) is 0.235. The number of anilines is 1. The standard InChI is InChI=1S/C17H17ClN2O3S/c1-11-9-13(18)5-8-16(11)19-17(21)12-3-2-4-15(10-12)24(22,23)20-14-6-7-14/h2-5,8-10,14,20H,6-7H2,1H3,(H,19,21). The smallest absolute Gasteiger partial charge is 0.255 e. The van der Waals surface area contributed by atoms with Crippen molar-refractivity contribution in [1.82, 2.24) is 4.72 Å². The summed E-state index contributed by atoms with van der Waals surface area (Å²) in [5, 5.41) is 3.36. The van der Waals surface area contributed by atoms with Crippen molar-refractivity contribution in [2.75, 3.05) is 5.32 Å². The van der Waals surface area contributed by atoms with Crippen LogP contribution in [-0.4, -0.2) is 20.4 Å². The second-order valence-electron chi connectivity index (χ2n) is 5.84. The summed E-state index contributed by atoms with van der Waals surface area (Å²) in [6.07, 6.45) is 1.71. The van der Waals surface area contributed by atoms with Crippen molar-refractivity contribution in [2.45, 2.75) is 30.7 Å². The van der Waals surface area contributed by atoms with Gasteiger partial charge in [0, 0.05) is 22.3 Å². The molecule has 0 saturated heterocycles. The molecule has 0 unspecified atom stereocenters. The van der Waals surface area contributed by atoms with E-state index in [0.717, 1.165) is 18.4 Å². The Morgan fingerprint density at radius 1 is 1.17 bits per heavy atom. The van der Waals surface area contributed by atoms with Gasteiger partial charge < -0.3 is 5.32 Å². The van der Waals surface area contributed by atoms with E-state index in [1.165, 1.54) is 12.1 Å². The van der Waals surface area contributed by atoms with Crippen molar-refractivity contribution >= 4 is 33.2 Å². The van der Waals surface area contributed by atoms with E-state index in [0.29, 0.717) is 10.7 Å². The zero-order valence-electron chi connectivity index (χ0n) is 13.0. The van der Waals surface area contributed by atoms with Crippen LogP contribution in [0.3, 0.4) is 0 Å². The van der Waals surface area contributed by atoms with Gasteiger partial charge in [-0.1, -0.05) is 17.7 Å². The Kier molecular flexibility index (Phi) is 4.62. The molecule has 0 aromatic heterocycles. The van der Waals surface area contributed by atoms with Gasteiger partial charge in [0.15, 0.2) is 0 Å². The van der Waals surface area contributed by atoms with Gasteiger partial charge in [-0.2, -0.15) is 0 Å². The van der Waals surface area contributed by atoms with E-state index >= 15 is 0 Å². The number of rotatable bonds is 5. The average molecular weight is 365 g/mol. The molecule has 24 heavy (non-hydrogen) atoms. The number of aryl methyl sites for hydroxylation is 1. The van der Waals surface area contributed by atoms with Crippen LogP contribution in [0.25, 0.3) is 0 Å². The predicted molar refractivity (Wildman–Crippen MR) is 93.9 cm³/mol. The molecule has 1 aliphatic rings. The zero-order valence-corrected chi connectivity index (χ0v) is 14.6. The van der Waals surface area contributed by atoms with Gasteiger partial charge in [0.1, 0.15) is 0 Å². The molecule has 0 radical (unpaired) electrons. The minimum Gasteiger partial charge on any atom is -0.322 e. The van der Waals surface area contributed by atoms with Gasteiger partial charge in [-0.25, -0.2) is 13.1 Å². The number of sulfonamides is 1. The molecule has 0 spiro atoms. The summed E-state index contributed by atoms with van der Waals surface area (Å²) in [7, 11) is -3.59. The Morgan fingerprint density at radius 2 is 1.92 bits per heavy atom. The van der Waals surface area contributed by atoms with Crippen molar-refractivity contribution in [3.8, 4) is 0 Å². The number of amides is 1. The lowest BCUT2D eigenvalue weighted by Gasteiger charge is -2.10. The molecule has 7 heteroatoms. The van der Waals surface area contributed by atoms with Crippen LogP contribution in [0.4, 0.5) is 5.69 Å². The lowest BCUT2D eigenvalue weighted by molar-refractivity contribution is 0.102. The Balaban J connectivity index is 1.81. The number of hydrogen-bond acceptors (Lipinski definition) is 3. The normalized spacial score (nSPS) is 14.4. The lowest BCUT2D eigenvalue weighted by Crippen LogP contribution is -2.26. The molecular weight excluding hydrogens is 348 g/mol. The molecule has 0 bridgehead atoms. The van der Waals surface area contributed by atoms with Crippen molar-refractivity contribution in [3.05, 3.63) is 58.6 Å². The van der Waals surface area contributed by atoms with Gasteiger partial charge in [-0.3, -0.25) is 4.79 Å². The lowest BCUT2D eigenvalue weighted by atomic mass is 10.1. The first-order valence-electron chi connectivity index (χ1n) is 7.55. The molecular formula is C17H17ClN2O3S. The summed E-state index contributed by atoms with van der Waals surface area (Å²) in [5.74, 6) is -0.371. The van der Waals surface area contributed by atoms with Gasteiger partial charge in [0.2, 0.25) is 10.0 Å². The fourth-order valence-electron chi connectivity index (χ4n) is 2.25. The van der Waals surface area contributed by atoms with Gasteiger partial charge in [0.05, 0.1) is 4.90 Å². The molecule has 2 N–H and O–H groups in total. The predicted octanol–water partition coefficient (Wildman–Crippen LogP) is 3.34. The summed E-state index contributed by atoms with van der Waals surface area (Å²) in [6, 6.07) is 11.2.